The summed E-state index contributed by atoms with van der Waals surface area (Å²) in [6.07, 6.45) is 2.43. The molecular formula is C24H23N5O3S. The monoisotopic (exact) mass is 461 g/mol. The van der Waals surface area contributed by atoms with E-state index in [1.54, 1.807) is 30.8 Å². The van der Waals surface area contributed by atoms with E-state index in [-0.39, 0.29) is 17.5 Å². The van der Waals surface area contributed by atoms with Crippen LogP contribution in [-0.2, 0) is 6.42 Å². The number of pyridine rings is 1. The normalized spacial score (nSPS) is 16.2. The smallest absolute Gasteiger partial charge is 0.269 e. The fourth-order valence-corrected chi connectivity index (χ4v) is 4.98. The van der Waals surface area contributed by atoms with Gasteiger partial charge in [-0.2, -0.15) is 0 Å². The second-order valence-corrected chi connectivity index (χ2v) is 8.79. The first-order valence-corrected chi connectivity index (χ1v) is 11.6. The number of ether oxygens (including phenoxy) is 1. The highest BCUT2D eigenvalue weighted by molar-refractivity contribution is 7.17. The first kappa shape index (κ1) is 21.3. The zero-order chi connectivity index (χ0) is 22.8. The summed E-state index contributed by atoms with van der Waals surface area (Å²) in [5.74, 6) is 1.07. The van der Waals surface area contributed by atoms with E-state index in [9.17, 15) is 9.59 Å². The number of aromatic amines is 1. The molecule has 1 aliphatic heterocycles. The van der Waals surface area contributed by atoms with Gasteiger partial charge in [0.25, 0.3) is 11.5 Å². The number of hydrogen-bond donors (Lipinski definition) is 2. The van der Waals surface area contributed by atoms with Crippen LogP contribution in [-0.4, -0.2) is 58.5 Å². The quantitative estimate of drug-likeness (QED) is 0.474. The average Bonchev–Trinajstić information content (AvgIpc) is 3.29. The SMILES string of the molecule is COc1cccc(CC2CN(C(=O)c3csc4c(=O)[nH]c(-c5ccccn5)nc34)CCN2)c1. The molecule has 1 aliphatic rings. The van der Waals surface area contributed by atoms with Gasteiger partial charge in [0.1, 0.15) is 21.7 Å². The zero-order valence-electron chi connectivity index (χ0n) is 18.1. The van der Waals surface area contributed by atoms with Crippen LogP contribution < -0.4 is 15.6 Å². The number of fused-ring (bicyclic) bond motifs is 1. The maximum absolute atomic E-state index is 13.4. The number of aromatic nitrogens is 3. The minimum absolute atomic E-state index is 0.108. The van der Waals surface area contributed by atoms with Gasteiger partial charge in [-0.05, 0) is 36.2 Å². The van der Waals surface area contributed by atoms with Crippen molar-refractivity contribution in [2.24, 2.45) is 0 Å². The average molecular weight is 462 g/mol. The Labute approximate surface area is 194 Å². The van der Waals surface area contributed by atoms with Crippen LogP contribution in [0.15, 0.2) is 58.8 Å². The number of amides is 1. The molecule has 168 valence electrons. The Hall–Kier alpha value is -3.56. The molecule has 2 N–H and O–H groups in total. The highest BCUT2D eigenvalue weighted by Gasteiger charge is 2.27. The molecule has 5 rings (SSSR count). The van der Waals surface area contributed by atoms with Crippen LogP contribution >= 0.6 is 11.3 Å². The molecule has 1 unspecified atom stereocenters. The van der Waals surface area contributed by atoms with Crippen molar-refractivity contribution in [1.29, 1.82) is 0 Å². The summed E-state index contributed by atoms with van der Waals surface area (Å²) in [5.41, 5.74) is 2.33. The van der Waals surface area contributed by atoms with Gasteiger partial charge < -0.3 is 19.9 Å². The molecule has 4 aromatic rings. The van der Waals surface area contributed by atoms with Crippen LogP contribution in [0.2, 0.25) is 0 Å². The summed E-state index contributed by atoms with van der Waals surface area (Å²) >= 11 is 1.24. The van der Waals surface area contributed by atoms with Crippen LogP contribution in [0.5, 0.6) is 5.75 Å². The van der Waals surface area contributed by atoms with Crippen LogP contribution in [0.25, 0.3) is 21.7 Å². The summed E-state index contributed by atoms with van der Waals surface area (Å²) < 4.78 is 5.77. The number of H-pyrrole nitrogens is 1. The first-order chi connectivity index (χ1) is 16.1. The highest BCUT2D eigenvalue weighted by Crippen LogP contribution is 2.25. The molecule has 0 saturated carbocycles. The number of methoxy groups -OCH3 is 1. The van der Waals surface area contributed by atoms with E-state index in [4.69, 9.17) is 4.74 Å². The van der Waals surface area contributed by atoms with Crippen LogP contribution in [0, 0.1) is 0 Å². The predicted octanol–water partition coefficient (Wildman–Crippen LogP) is 2.71. The maximum Gasteiger partial charge on any atom is 0.269 e. The Kier molecular flexibility index (Phi) is 5.89. The van der Waals surface area contributed by atoms with Gasteiger partial charge in [-0.3, -0.25) is 14.6 Å². The summed E-state index contributed by atoms with van der Waals surface area (Å²) in [6, 6.07) is 13.5. The second-order valence-electron chi connectivity index (χ2n) is 7.91. The second kappa shape index (κ2) is 9.13. The van der Waals surface area contributed by atoms with Crippen LogP contribution in [0.3, 0.4) is 0 Å². The van der Waals surface area contributed by atoms with Crippen LogP contribution in [0.1, 0.15) is 15.9 Å². The fourth-order valence-electron chi connectivity index (χ4n) is 4.10. The molecule has 9 heteroatoms. The van der Waals surface area contributed by atoms with E-state index in [1.807, 2.05) is 29.2 Å². The minimum Gasteiger partial charge on any atom is -0.497 e. The van der Waals surface area contributed by atoms with Crippen molar-refractivity contribution in [2.75, 3.05) is 26.7 Å². The number of carbonyl (C=O) groups excluding carboxylic acids is 1. The number of rotatable bonds is 5. The van der Waals surface area contributed by atoms with Gasteiger partial charge >= 0.3 is 0 Å². The Morgan fingerprint density at radius 2 is 2.18 bits per heavy atom. The lowest BCUT2D eigenvalue weighted by Crippen LogP contribution is -2.53. The lowest BCUT2D eigenvalue weighted by Gasteiger charge is -2.33. The Morgan fingerprint density at radius 3 is 3.00 bits per heavy atom. The number of benzene rings is 1. The Bertz CT molecular complexity index is 1350. The lowest BCUT2D eigenvalue weighted by atomic mass is 10.0. The van der Waals surface area contributed by atoms with Gasteiger partial charge in [-0.1, -0.05) is 18.2 Å². The van der Waals surface area contributed by atoms with E-state index in [2.05, 4.69) is 26.3 Å². The molecule has 3 aromatic heterocycles. The lowest BCUT2D eigenvalue weighted by molar-refractivity contribution is 0.0705. The van der Waals surface area contributed by atoms with Gasteiger partial charge in [-0.15, -0.1) is 11.3 Å². The largest absolute Gasteiger partial charge is 0.497 e. The van der Waals surface area contributed by atoms with Gasteiger partial charge in [0.15, 0.2) is 5.82 Å². The van der Waals surface area contributed by atoms with E-state index in [0.717, 1.165) is 17.7 Å². The van der Waals surface area contributed by atoms with Crippen molar-refractivity contribution in [3.05, 3.63) is 75.5 Å². The zero-order valence-corrected chi connectivity index (χ0v) is 18.9. The van der Waals surface area contributed by atoms with Gasteiger partial charge in [0.05, 0.1) is 12.7 Å². The van der Waals surface area contributed by atoms with Gasteiger partial charge in [0, 0.05) is 37.3 Å². The third-order valence-electron chi connectivity index (χ3n) is 5.72. The molecule has 1 amide bonds. The van der Waals surface area contributed by atoms with Crippen molar-refractivity contribution in [1.82, 2.24) is 25.2 Å². The molecule has 1 saturated heterocycles. The van der Waals surface area contributed by atoms with Crippen molar-refractivity contribution >= 4 is 27.5 Å². The third-order valence-corrected chi connectivity index (χ3v) is 6.69. The third kappa shape index (κ3) is 4.37. The number of nitrogens with one attached hydrogen (secondary N) is 2. The van der Waals surface area contributed by atoms with Crippen molar-refractivity contribution < 1.29 is 9.53 Å². The topological polar surface area (TPSA) is 100 Å². The van der Waals surface area contributed by atoms with E-state index in [1.165, 1.54) is 11.3 Å². The molecule has 33 heavy (non-hydrogen) atoms. The summed E-state index contributed by atoms with van der Waals surface area (Å²) in [4.78, 5) is 39.6. The molecule has 1 atom stereocenters. The number of piperazine rings is 1. The number of thiophene rings is 1. The molecule has 0 spiro atoms. The fraction of sp³-hybridized carbons (Fsp3) is 0.250. The summed E-state index contributed by atoms with van der Waals surface area (Å²) in [5, 5.41) is 5.23. The molecule has 0 aliphatic carbocycles. The number of nitrogens with zero attached hydrogens (tertiary/aromatic N) is 3. The van der Waals surface area contributed by atoms with E-state index >= 15 is 0 Å². The van der Waals surface area contributed by atoms with E-state index in [0.29, 0.717) is 46.9 Å². The maximum atomic E-state index is 13.4. The molecular weight excluding hydrogens is 438 g/mol. The van der Waals surface area contributed by atoms with Gasteiger partial charge in [-0.25, -0.2) is 4.98 Å². The van der Waals surface area contributed by atoms with Gasteiger partial charge in [0.2, 0.25) is 0 Å². The molecule has 0 radical (unpaired) electrons. The summed E-state index contributed by atoms with van der Waals surface area (Å²) in [7, 11) is 1.65. The number of hydrogen-bond acceptors (Lipinski definition) is 7. The Balaban J connectivity index is 1.40. The molecule has 4 heterocycles. The summed E-state index contributed by atoms with van der Waals surface area (Å²) in [6.45, 7) is 1.88. The highest BCUT2D eigenvalue weighted by atomic mass is 32.1. The van der Waals surface area contributed by atoms with E-state index < -0.39 is 0 Å². The first-order valence-electron chi connectivity index (χ1n) is 10.7. The molecule has 0 bridgehead atoms. The minimum atomic E-state index is -0.263. The van der Waals surface area contributed by atoms with Crippen LogP contribution in [0.4, 0.5) is 0 Å². The Morgan fingerprint density at radius 1 is 1.27 bits per heavy atom. The molecule has 8 nitrogen and oxygen atoms in total. The standard InChI is InChI=1S/C24H23N5O3S/c1-32-17-6-4-5-15(12-17)11-16-13-29(10-9-25-16)24(31)18-14-33-21-20(18)27-22(28-23(21)30)19-7-2-3-8-26-19/h2-8,12,14,16,25H,9-11,13H2,1H3,(H,27,28,30). The predicted molar refractivity (Wildman–Crippen MR) is 128 cm³/mol. The van der Waals surface area contributed by atoms with Crippen molar-refractivity contribution in [3.8, 4) is 17.3 Å². The molecule has 1 fully saturated rings. The van der Waals surface area contributed by atoms with Crippen molar-refractivity contribution in [2.45, 2.75) is 12.5 Å². The number of carbonyl (C=O) groups is 1. The molecule has 1 aromatic carbocycles. The van der Waals surface area contributed by atoms with Crippen molar-refractivity contribution in [3.63, 3.8) is 0 Å².